The predicted octanol–water partition coefficient (Wildman–Crippen LogP) is 3.43. The number of hydrogen-bond acceptors (Lipinski definition) is 3. The van der Waals surface area contributed by atoms with Gasteiger partial charge in [0.2, 0.25) is 15.9 Å². The van der Waals surface area contributed by atoms with Gasteiger partial charge in [-0.25, -0.2) is 8.42 Å². The lowest BCUT2D eigenvalue weighted by atomic mass is 10.1. The lowest BCUT2D eigenvalue weighted by Gasteiger charge is -2.28. The number of nitrogens with zero attached hydrogens (tertiary/aromatic N) is 1. The molecule has 0 bridgehead atoms. The van der Waals surface area contributed by atoms with Crippen molar-refractivity contribution in [3.8, 4) is 0 Å². The normalized spacial score (nSPS) is 12.5. The van der Waals surface area contributed by atoms with E-state index in [4.69, 9.17) is 11.6 Å². The lowest BCUT2D eigenvalue weighted by molar-refractivity contribution is -0.122. The van der Waals surface area contributed by atoms with Gasteiger partial charge in [0.1, 0.15) is 6.04 Å². The predicted molar refractivity (Wildman–Crippen MR) is 106 cm³/mol. The van der Waals surface area contributed by atoms with Crippen LogP contribution in [0, 0.1) is 13.8 Å². The fourth-order valence-corrected chi connectivity index (χ4v) is 4.03. The number of sulfonamides is 1. The minimum Gasteiger partial charge on any atom is -0.350 e. The molecule has 5 nitrogen and oxygen atoms in total. The van der Waals surface area contributed by atoms with Crippen LogP contribution in [0.5, 0.6) is 0 Å². The van der Waals surface area contributed by atoms with Crippen molar-refractivity contribution in [2.75, 3.05) is 10.6 Å². The zero-order valence-electron chi connectivity index (χ0n) is 15.3. The summed E-state index contributed by atoms with van der Waals surface area (Å²) in [5.41, 5.74) is 3.24. The maximum atomic E-state index is 12.6. The molecular weight excluding hydrogens is 372 g/mol. The van der Waals surface area contributed by atoms with Gasteiger partial charge in [0.05, 0.1) is 11.9 Å². The highest BCUT2D eigenvalue weighted by Gasteiger charge is 2.29. The van der Waals surface area contributed by atoms with Crippen molar-refractivity contribution >= 4 is 33.2 Å². The van der Waals surface area contributed by atoms with Gasteiger partial charge < -0.3 is 5.32 Å². The summed E-state index contributed by atoms with van der Waals surface area (Å²) in [5, 5.41) is 3.24. The smallest absolute Gasteiger partial charge is 0.243 e. The van der Waals surface area contributed by atoms with Crippen LogP contribution in [0.15, 0.2) is 42.5 Å². The molecule has 0 radical (unpaired) electrons. The van der Waals surface area contributed by atoms with E-state index in [1.807, 2.05) is 38.1 Å². The fraction of sp³-hybridized carbons (Fsp3) is 0.316. The van der Waals surface area contributed by atoms with Gasteiger partial charge in [-0.05, 0) is 44.0 Å². The Balaban J connectivity index is 2.22. The summed E-state index contributed by atoms with van der Waals surface area (Å²) in [4.78, 5) is 12.6. The van der Waals surface area contributed by atoms with E-state index in [9.17, 15) is 13.2 Å². The second-order valence-electron chi connectivity index (χ2n) is 6.38. The molecule has 0 aromatic heterocycles. The average Bonchev–Trinajstić information content (AvgIpc) is 2.55. The maximum Gasteiger partial charge on any atom is 0.243 e. The fourth-order valence-electron chi connectivity index (χ4n) is 2.69. The number of carbonyl (C=O) groups excluding carboxylic acids is 1. The second-order valence-corrected chi connectivity index (χ2v) is 8.64. The number of nitrogens with one attached hydrogen (secondary N) is 1. The summed E-state index contributed by atoms with van der Waals surface area (Å²) in [6, 6.07) is 11.8. The van der Waals surface area contributed by atoms with E-state index in [-0.39, 0.29) is 5.91 Å². The molecule has 0 spiro atoms. The van der Waals surface area contributed by atoms with E-state index < -0.39 is 16.1 Å². The summed E-state index contributed by atoms with van der Waals surface area (Å²) >= 11 is 6.13. The van der Waals surface area contributed by atoms with Crippen molar-refractivity contribution in [1.82, 2.24) is 5.32 Å². The van der Waals surface area contributed by atoms with Crippen molar-refractivity contribution in [3.63, 3.8) is 0 Å². The Kier molecular flexibility index (Phi) is 6.31. The molecule has 7 heteroatoms. The van der Waals surface area contributed by atoms with Crippen LogP contribution in [0.1, 0.15) is 23.6 Å². The van der Waals surface area contributed by atoms with Crippen LogP contribution in [0.2, 0.25) is 5.02 Å². The van der Waals surface area contributed by atoms with E-state index >= 15 is 0 Å². The van der Waals surface area contributed by atoms with Gasteiger partial charge in [-0.15, -0.1) is 0 Å². The number of amides is 1. The van der Waals surface area contributed by atoms with Gasteiger partial charge in [-0.1, -0.05) is 47.5 Å². The van der Waals surface area contributed by atoms with Gasteiger partial charge in [0.15, 0.2) is 0 Å². The second kappa shape index (κ2) is 8.10. The van der Waals surface area contributed by atoms with Gasteiger partial charge in [-0.3, -0.25) is 9.10 Å². The molecule has 2 aromatic carbocycles. The summed E-state index contributed by atoms with van der Waals surface area (Å²) < 4.78 is 25.7. The first kappa shape index (κ1) is 20.3. The highest BCUT2D eigenvalue weighted by molar-refractivity contribution is 7.92. The van der Waals surface area contributed by atoms with Crippen LogP contribution < -0.4 is 9.62 Å². The Morgan fingerprint density at radius 1 is 1.19 bits per heavy atom. The topological polar surface area (TPSA) is 66.5 Å². The third-order valence-corrected chi connectivity index (χ3v) is 5.70. The SMILES string of the molecule is Cc1cccc(CNC(=O)[C@H](C)N(c2ccc(C)c(Cl)c2)S(C)(=O)=O)c1. The van der Waals surface area contributed by atoms with E-state index in [2.05, 4.69) is 5.32 Å². The van der Waals surface area contributed by atoms with Crippen molar-refractivity contribution < 1.29 is 13.2 Å². The zero-order chi connectivity index (χ0) is 19.5. The molecule has 1 atom stereocenters. The minimum absolute atomic E-state index is 0.330. The molecule has 2 aromatic rings. The number of benzene rings is 2. The summed E-state index contributed by atoms with van der Waals surface area (Å²) in [7, 11) is -3.67. The van der Waals surface area contributed by atoms with Crippen molar-refractivity contribution in [2.45, 2.75) is 33.4 Å². The highest BCUT2D eigenvalue weighted by atomic mass is 35.5. The Morgan fingerprint density at radius 3 is 2.46 bits per heavy atom. The molecular formula is C19H23ClN2O3S. The largest absolute Gasteiger partial charge is 0.350 e. The number of anilines is 1. The summed E-state index contributed by atoms with van der Waals surface area (Å²) in [6.07, 6.45) is 1.07. The molecule has 2 rings (SSSR count). The van der Waals surface area contributed by atoms with Gasteiger partial charge in [-0.2, -0.15) is 0 Å². The molecule has 0 aliphatic heterocycles. The average molecular weight is 395 g/mol. The molecule has 0 aliphatic carbocycles. The summed E-state index contributed by atoms with van der Waals surface area (Å²) in [5.74, 6) is -0.381. The molecule has 140 valence electrons. The first-order valence-corrected chi connectivity index (χ1v) is 10.4. The molecule has 0 saturated heterocycles. The first-order valence-electron chi connectivity index (χ1n) is 8.18. The van der Waals surface area contributed by atoms with Crippen LogP contribution in [0.3, 0.4) is 0 Å². The minimum atomic E-state index is -3.67. The third kappa shape index (κ3) is 4.99. The molecule has 1 N–H and O–H groups in total. The van der Waals surface area contributed by atoms with E-state index in [1.165, 1.54) is 0 Å². The quantitative estimate of drug-likeness (QED) is 0.816. The lowest BCUT2D eigenvalue weighted by Crippen LogP contribution is -2.47. The molecule has 0 fully saturated rings. The highest BCUT2D eigenvalue weighted by Crippen LogP contribution is 2.26. The molecule has 1 amide bonds. The number of rotatable bonds is 6. The van der Waals surface area contributed by atoms with Gasteiger partial charge in [0.25, 0.3) is 0 Å². The van der Waals surface area contributed by atoms with Gasteiger partial charge in [0, 0.05) is 11.6 Å². The van der Waals surface area contributed by atoms with Crippen molar-refractivity contribution in [2.24, 2.45) is 0 Å². The van der Waals surface area contributed by atoms with Crippen LogP contribution >= 0.6 is 11.6 Å². The summed E-state index contributed by atoms with van der Waals surface area (Å²) in [6.45, 7) is 5.69. The van der Waals surface area contributed by atoms with Crippen molar-refractivity contribution in [1.29, 1.82) is 0 Å². The standard InChI is InChI=1S/C19H23ClN2O3S/c1-13-6-5-7-16(10-13)12-21-19(23)15(3)22(26(4,24)25)17-9-8-14(2)18(20)11-17/h5-11,15H,12H2,1-4H3,(H,21,23)/t15-/m0/s1. The molecule has 0 unspecified atom stereocenters. The van der Waals surface area contributed by atoms with E-state index in [0.717, 1.165) is 27.3 Å². The first-order chi connectivity index (χ1) is 12.1. The molecule has 0 saturated carbocycles. The Morgan fingerprint density at radius 2 is 1.88 bits per heavy atom. The third-order valence-electron chi connectivity index (χ3n) is 4.05. The van der Waals surface area contributed by atoms with Crippen LogP contribution in [0.25, 0.3) is 0 Å². The number of aryl methyl sites for hydroxylation is 2. The van der Waals surface area contributed by atoms with E-state index in [0.29, 0.717) is 17.3 Å². The Bertz CT molecular complexity index is 913. The number of carbonyl (C=O) groups is 1. The molecule has 26 heavy (non-hydrogen) atoms. The molecule has 0 aliphatic rings. The number of halogens is 1. The van der Waals surface area contributed by atoms with Crippen LogP contribution in [-0.4, -0.2) is 26.6 Å². The van der Waals surface area contributed by atoms with E-state index in [1.54, 1.807) is 25.1 Å². The monoisotopic (exact) mass is 394 g/mol. The van der Waals surface area contributed by atoms with Gasteiger partial charge >= 0.3 is 0 Å². The number of hydrogen-bond donors (Lipinski definition) is 1. The maximum absolute atomic E-state index is 12.6. The van der Waals surface area contributed by atoms with Crippen LogP contribution in [0.4, 0.5) is 5.69 Å². The zero-order valence-corrected chi connectivity index (χ0v) is 16.9. The Hall–Kier alpha value is -2.05. The Labute approximate surface area is 160 Å². The molecule has 0 heterocycles. The van der Waals surface area contributed by atoms with Crippen LogP contribution in [-0.2, 0) is 21.4 Å². The van der Waals surface area contributed by atoms with Crippen molar-refractivity contribution in [3.05, 3.63) is 64.2 Å².